The van der Waals surface area contributed by atoms with Gasteiger partial charge in [0.25, 0.3) is 0 Å². The van der Waals surface area contributed by atoms with E-state index in [2.05, 4.69) is 0 Å². The lowest BCUT2D eigenvalue weighted by Crippen LogP contribution is -2.24. The normalized spacial score (nSPS) is 24.7. The number of aliphatic hydroxyl groups excluding tert-OH is 1. The summed E-state index contributed by atoms with van der Waals surface area (Å²) in [6, 6.07) is 0. The van der Waals surface area contributed by atoms with Crippen LogP contribution in [0.4, 0.5) is 0 Å². The Kier molecular flexibility index (Phi) is 3.20. The Hall–Kier alpha value is -0.220. The Morgan fingerprint density at radius 3 is 3.00 bits per heavy atom. The van der Waals surface area contributed by atoms with E-state index in [4.69, 9.17) is 5.11 Å². The summed E-state index contributed by atoms with van der Waals surface area (Å²) in [6.45, 7) is 1.03. The van der Waals surface area contributed by atoms with Gasteiger partial charge >= 0.3 is 0 Å². The highest BCUT2D eigenvalue weighted by molar-refractivity contribution is 8.00. The minimum Gasteiger partial charge on any atom is -0.396 e. The van der Waals surface area contributed by atoms with Crippen molar-refractivity contribution in [2.24, 2.45) is 0 Å². The van der Waals surface area contributed by atoms with Gasteiger partial charge in [-0.2, -0.15) is 0 Å². The molecule has 0 aliphatic carbocycles. The maximum absolute atomic E-state index is 11.2. The zero-order valence-electron chi connectivity index (χ0n) is 6.62. The molecule has 0 aromatic heterocycles. The zero-order valence-corrected chi connectivity index (χ0v) is 7.43. The zero-order chi connectivity index (χ0) is 8.27. The Morgan fingerprint density at radius 1 is 1.82 bits per heavy atom. The molecular formula is C7H13NO2S. The largest absolute Gasteiger partial charge is 0.396 e. The molecule has 1 atom stereocenters. The van der Waals surface area contributed by atoms with Crippen molar-refractivity contribution in [3.63, 3.8) is 0 Å². The van der Waals surface area contributed by atoms with Crippen molar-refractivity contribution in [1.82, 2.24) is 4.90 Å². The Bertz CT molecular complexity index is 151. The summed E-state index contributed by atoms with van der Waals surface area (Å²) in [5.41, 5.74) is 0. The lowest BCUT2D eigenvalue weighted by molar-refractivity contribution is -0.126. The van der Waals surface area contributed by atoms with Crippen LogP contribution in [0.25, 0.3) is 0 Å². The second-order valence-electron chi connectivity index (χ2n) is 2.63. The van der Waals surface area contributed by atoms with Crippen LogP contribution < -0.4 is 0 Å². The van der Waals surface area contributed by atoms with E-state index < -0.39 is 0 Å². The topological polar surface area (TPSA) is 40.5 Å². The third-order valence-electron chi connectivity index (χ3n) is 1.79. The Morgan fingerprint density at radius 2 is 2.55 bits per heavy atom. The number of carbonyl (C=O) groups is 1. The van der Waals surface area contributed by atoms with E-state index in [9.17, 15) is 4.79 Å². The predicted molar refractivity (Wildman–Crippen MR) is 45.6 cm³/mol. The van der Waals surface area contributed by atoms with Gasteiger partial charge in [-0.3, -0.25) is 4.79 Å². The number of carbonyl (C=O) groups excluding carboxylic acids is 1. The van der Waals surface area contributed by atoms with Crippen molar-refractivity contribution >= 4 is 17.7 Å². The minimum absolute atomic E-state index is 0.104. The number of hydrogen-bond acceptors (Lipinski definition) is 3. The minimum atomic E-state index is 0.104. The molecule has 0 radical (unpaired) electrons. The molecule has 1 saturated heterocycles. The number of nitrogens with zero attached hydrogens (tertiary/aromatic N) is 1. The molecule has 1 N–H and O–H groups in total. The van der Waals surface area contributed by atoms with E-state index in [1.807, 2.05) is 7.05 Å². The molecule has 3 nitrogen and oxygen atoms in total. The first-order valence-corrected chi connectivity index (χ1v) is 4.78. The molecule has 11 heavy (non-hydrogen) atoms. The van der Waals surface area contributed by atoms with Crippen molar-refractivity contribution in [2.45, 2.75) is 11.7 Å². The standard InChI is InChI=1S/C7H13NO2S/c1-8-3-2-6(7(8)10)11-5-4-9/h6,9H,2-5H2,1H3. The van der Waals surface area contributed by atoms with Gasteiger partial charge in [0.2, 0.25) is 5.91 Å². The van der Waals surface area contributed by atoms with Crippen LogP contribution in [0.2, 0.25) is 0 Å². The highest BCUT2D eigenvalue weighted by atomic mass is 32.2. The lowest BCUT2D eigenvalue weighted by atomic mass is 10.4. The smallest absolute Gasteiger partial charge is 0.235 e. The first-order chi connectivity index (χ1) is 5.25. The average Bonchev–Trinajstić information content (AvgIpc) is 2.31. The van der Waals surface area contributed by atoms with Crippen LogP contribution in [0, 0.1) is 0 Å². The van der Waals surface area contributed by atoms with Gasteiger partial charge in [-0.1, -0.05) is 0 Å². The maximum atomic E-state index is 11.2. The van der Waals surface area contributed by atoms with E-state index >= 15 is 0 Å². The Labute approximate surface area is 70.8 Å². The third-order valence-corrected chi connectivity index (χ3v) is 3.05. The fourth-order valence-electron chi connectivity index (χ4n) is 1.14. The van der Waals surface area contributed by atoms with Gasteiger partial charge in [-0.05, 0) is 6.42 Å². The van der Waals surface area contributed by atoms with Crippen LogP contribution in [0.3, 0.4) is 0 Å². The van der Waals surface area contributed by atoms with Gasteiger partial charge in [-0.15, -0.1) is 11.8 Å². The molecule has 1 aliphatic rings. The molecule has 0 aromatic carbocycles. The van der Waals surface area contributed by atoms with E-state index in [1.54, 1.807) is 16.7 Å². The fourth-order valence-corrected chi connectivity index (χ4v) is 2.12. The Balaban J connectivity index is 2.30. The van der Waals surface area contributed by atoms with Gasteiger partial charge in [0.15, 0.2) is 0 Å². The van der Waals surface area contributed by atoms with Gasteiger partial charge in [-0.25, -0.2) is 0 Å². The number of amides is 1. The summed E-state index contributed by atoms with van der Waals surface area (Å²) >= 11 is 1.55. The van der Waals surface area contributed by atoms with Gasteiger partial charge in [0.1, 0.15) is 0 Å². The van der Waals surface area contributed by atoms with Gasteiger partial charge in [0.05, 0.1) is 11.9 Å². The van der Waals surface area contributed by atoms with E-state index in [0.29, 0.717) is 5.75 Å². The van der Waals surface area contributed by atoms with Crippen molar-refractivity contribution in [1.29, 1.82) is 0 Å². The molecular weight excluding hydrogens is 162 g/mol. The van der Waals surface area contributed by atoms with E-state index in [1.165, 1.54) is 0 Å². The first-order valence-electron chi connectivity index (χ1n) is 3.73. The number of thioether (sulfide) groups is 1. The lowest BCUT2D eigenvalue weighted by Gasteiger charge is -2.08. The number of rotatable bonds is 3. The van der Waals surface area contributed by atoms with Crippen molar-refractivity contribution in [3.8, 4) is 0 Å². The second-order valence-corrected chi connectivity index (χ2v) is 3.94. The van der Waals surface area contributed by atoms with Crippen LogP contribution >= 0.6 is 11.8 Å². The SMILES string of the molecule is CN1CCC(SCCO)C1=O. The number of hydrogen-bond donors (Lipinski definition) is 1. The summed E-state index contributed by atoms with van der Waals surface area (Å²) in [5.74, 6) is 0.882. The molecule has 0 aromatic rings. The monoisotopic (exact) mass is 175 g/mol. The quantitative estimate of drug-likeness (QED) is 0.653. The molecule has 1 aliphatic heterocycles. The number of likely N-dealkylation sites (tertiary alicyclic amines) is 1. The molecule has 4 heteroatoms. The van der Waals surface area contributed by atoms with Crippen LogP contribution in [0.5, 0.6) is 0 Å². The summed E-state index contributed by atoms with van der Waals surface area (Å²) < 4.78 is 0. The maximum Gasteiger partial charge on any atom is 0.235 e. The van der Waals surface area contributed by atoms with Crippen molar-refractivity contribution in [3.05, 3.63) is 0 Å². The molecule has 64 valence electrons. The van der Waals surface area contributed by atoms with E-state index in [0.717, 1.165) is 13.0 Å². The van der Waals surface area contributed by atoms with Crippen LogP contribution in [-0.2, 0) is 4.79 Å². The average molecular weight is 175 g/mol. The second kappa shape index (κ2) is 3.97. The summed E-state index contributed by atoms with van der Waals surface area (Å²) in [4.78, 5) is 13.0. The highest BCUT2D eigenvalue weighted by Crippen LogP contribution is 2.22. The molecule has 1 rings (SSSR count). The summed E-state index contributed by atoms with van der Waals surface area (Å²) in [6.07, 6.45) is 0.931. The van der Waals surface area contributed by atoms with Crippen LogP contribution in [0.1, 0.15) is 6.42 Å². The molecule has 1 unspecified atom stereocenters. The van der Waals surface area contributed by atoms with Crippen molar-refractivity contribution in [2.75, 3.05) is 26.0 Å². The van der Waals surface area contributed by atoms with Crippen LogP contribution in [-0.4, -0.2) is 47.1 Å². The molecule has 1 fully saturated rings. The molecule has 0 spiro atoms. The molecule has 1 heterocycles. The fraction of sp³-hybridized carbons (Fsp3) is 0.857. The van der Waals surface area contributed by atoms with Crippen LogP contribution in [0.15, 0.2) is 0 Å². The highest BCUT2D eigenvalue weighted by Gasteiger charge is 2.28. The first kappa shape index (κ1) is 8.87. The third kappa shape index (κ3) is 2.10. The van der Waals surface area contributed by atoms with E-state index in [-0.39, 0.29) is 17.8 Å². The summed E-state index contributed by atoms with van der Waals surface area (Å²) in [7, 11) is 1.82. The molecule has 1 amide bonds. The van der Waals surface area contributed by atoms with Crippen molar-refractivity contribution < 1.29 is 9.90 Å². The number of aliphatic hydroxyl groups is 1. The molecule has 0 bridgehead atoms. The van der Waals surface area contributed by atoms with Gasteiger partial charge in [0, 0.05) is 19.3 Å². The summed E-state index contributed by atoms with van der Waals surface area (Å²) in [5, 5.41) is 8.64. The van der Waals surface area contributed by atoms with Gasteiger partial charge < -0.3 is 10.0 Å². The predicted octanol–water partition coefficient (Wildman–Crippen LogP) is -0.0574. The molecule has 0 saturated carbocycles.